The number of hydrogen-bond acceptors (Lipinski definition) is 1. The number of amides is 1. The van der Waals surface area contributed by atoms with Crippen molar-refractivity contribution >= 4 is 5.91 Å². The molecule has 112 valence electrons. The summed E-state index contributed by atoms with van der Waals surface area (Å²) in [6, 6.07) is 6.82. The van der Waals surface area contributed by atoms with E-state index in [4.69, 9.17) is 0 Å². The fourth-order valence-corrected chi connectivity index (χ4v) is 2.52. The maximum atomic E-state index is 14.0. The van der Waals surface area contributed by atoms with Crippen LogP contribution in [0.1, 0.15) is 41.6 Å². The van der Waals surface area contributed by atoms with Crippen LogP contribution >= 0.6 is 0 Å². The lowest BCUT2D eigenvalue weighted by Gasteiger charge is -2.24. The van der Waals surface area contributed by atoms with Crippen molar-refractivity contribution in [2.45, 2.75) is 38.0 Å². The Kier molecular flexibility index (Phi) is 4.95. The van der Waals surface area contributed by atoms with Crippen LogP contribution in [0, 0.1) is 17.8 Å². The highest BCUT2D eigenvalue weighted by Crippen LogP contribution is 2.32. The van der Waals surface area contributed by atoms with Crippen LogP contribution in [0.2, 0.25) is 0 Å². The van der Waals surface area contributed by atoms with Crippen molar-refractivity contribution in [2.24, 2.45) is 5.92 Å². The minimum atomic E-state index is -2.93. The quantitative estimate of drug-likeness (QED) is 0.850. The zero-order chi connectivity index (χ0) is 15.3. The molecule has 1 aromatic carbocycles. The highest BCUT2D eigenvalue weighted by molar-refractivity contribution is 5.93. The molecule has 1 amide bonds. The second-order valence-electron chi connectivity index (χ2n) is 5.35. The second-order valence-corrected chi connectivity index (χ2v) is 5.35. The minimum Gasteiger partial charge on any atom is -0.355 e. The third-order valence-electron chi connectivity index (χ3n) is 3.80. The maximum Gasteiger partial charge on any atom is 0.311 e. The molecule has 2 rings (SSSR count). The van der Waals surface area contributed by atoms with E-state index < -0.39 is 11.8 Å². The Hall–Kier alpha value is -1.89. The molecule has 2 nitrogen and oxygen atoms in total. The molecular formula is C17H19F2NO. The first-order valence-electron chi connectivity index (χ1n) is 7.22. The van der Waals surface area contributed by atoms with E-state index in [1.54, 1.807) is 31.3 Å². The molecule has 1 aromatic rings. The van der Waals surface area contributed by atoms with Gasteiger partial charge in [0, 0.05) is 24.9 Å². The van der Waals surface area contributed by atoms with Crippen molar-refractivity contribution in [3.05, 3.63) is 35.4 Å². The monoisotopic (exact) mass is 291 g/mol. The fraction of sp³-hybridized carbons (Fsp3) is 0.471. The molecule has 1 unspecified atom stereocenters. The molecule has 0 fully saturated rings. The van der Waals surface area contributed by atoms with Gasteiger partial charge in [0.2, 0.25) is 0 Å². The van der Waals surface area contributed by atoms with Crippen LogP contribution in [0.15, 0.2) is 24.3 Å². The third kappa shape index (κ3) is 4.04. The first kappa shape index (κ1) is 15.5. The smallest absolute Gasteiger partial charge is 0.311 e. The van der Waals surface area contributed by atoms with E-state index in [-0.39, 0.29) is 12.3 Å². The summed E-state index contributed by atoms with van der Waals surface area (Å²) in [5.74, 6) is 0.833. The van der Waals surface area contributed by atoms with Crippen molar-refractivity contribution in [3.63, 3.8) is 0 Å². The van der Waals surface area contributed by atoms with Crippen molar-refractivity contribution in [2.75, 3.05) is 7.05 Å². The summed E-state index contributed by atoms with van der Waals surface area (Å²) in [7, 11) is 1.56. The van der Waals surface area contributed by atoms with Gasteiger partial charge < -0.3 is 5.32 Å². The van der Waals surface area contributed by atoms with Gasteiger partial charge in [0.15, 0.2) is 0 Å². The number of nitrogens with one attached hydrogen (secondary N) is 1. The van der Waals surface area contributed by atoms with Crippen molar-refractivity contribution in [1.29, 1.82) is 0 Å². The summed E-state index contributed by atoms with van der Waals surface area (Å²) in [6.45, 7) is 0. The maximum absolute atomic E-state index is 14.0. The lowest BCUT2D eigenvalue weighted by Crippen LogP contribution is -2.29. The molecule has 0 radical (unpaired) electrons. The summed E-state index contributed by atoms with van der Waals surface area (Å²) in [6.07, 6.45) is 3.00. The van der Waals surface area contributed by atoms with Gasteiger partial charge in [-0.2, -0.15) is 8.78 Å². The predicted octanol–water partition coefficient (Wildman–Crippen LogP) is 3.42. The van der Waals surface area contributed by atoms with Gasteiger partial charge in [-0.3, -0.25) is 4.79 Å². The average Bonchev–Trinajstić information content (AvgIpc) is 2.47. The van der Waals surface area contributed by atoms with Gasteiger partial charge in [-0.15, -0.1) is 0 Å². The predicted molar refractivity (Wildman–Crippen MR) is 78.2 cm³/mol. The van der Waals surface area contributed by atoms with E-state index in [1.807, 2.05) is 0 Å². The van der Waals surface area contributed by atoms with Crippen LogP contribution < -0.4 is 5.32 Å². The number of benzene rings is 1. The first-order valence-corrected chi connectivity index (χ1v) is 7.22. The number of carbonyl (C=O) groups is 1. The Labute approximate surface area is 123 Å². The Morgan fingerprint density at radius 2 is 2.05 bits per heavy atom. The van der Waals surface area contributed by atoms with E-state index >= 15 is 0 Å². The zero-order valence-electron chi connectivity index (χ0n) is 12.1. The highest BCUT2D eigenvalue weighted by Gasteiger charge is 2.37. The zero-order valence-corrected chi connectivity index (χ0v) is 12.1. The molecule has 4 heteroatoms. The van der Waals surface area contributed by atoms with Gasteiger partial charge in [-0.05, 0) is 42.9 Å². The lowest BCUT2D eigenvalue weighted by atomic mass is 9.87. The fourth-order valence-electron chi connectivity index (χ4n) is 2.52. The number of carbonyl (C=O) groups excluding carboxylic acids is 1. The van der Waals surface area contributed by atoms with E-state index in [0.29, 0.717) is 18.4 Å². The van der Waals surface area contributed by atoms with Gasteiger partial charge in [0.1, 0.15) is 0 Å². The molecule has 1 N–H and O–H groups in total. The normalized spacial score (nSPS) is 20.6. The Balaban J connectivity index is 2.11. The minimum absolute atomic E-state index is 0.177. The largest absolute Gasteiger partial charge is 0.355 e. The van der Waals surface area contributed by atoms with Crippen LogP contribution in [0.5, 0.6) is 0 Å². The van der Waals surface area contributed by atoms with E-state index in [2.05, 4.69) is 17.2 Å². The Morgan fingerprint density at radius 1 is 1.33 bits per heavy atom. The molecular weight excluding hydrogens is 272 g/mol. The molecule has 0 saturated heterocycles. The molecule has 0 spiro atoms. The first-order chi connectivity index (χ1) is 10.0. The topological polar surface area (TPSA) is 29.1 Å². The lowest BCUT2D eigenvalue weighted by molar-refractivity contribution is -0.00443. The molecule has 0 bridgehead atoms. The molecule has 0 saturated carbocycles. The van der Waals surface area contributed by atoms with Gasteiger partial charge in [-0.1, -0.05) is 24.5 Å². The molecule has 0 heterocycles. The van der Waals surface area contributed by atoms with Crippen LogP contribution in [-0.2, 0) is 6.42 Å². The summed E-state index contributed by atoms with van der Waals surface area (Å²) in [4.78, 5) is 11.5. The molecule has 1 aliphatic rings. The average molecular weight is 291 g/mol. The van der Waals surface area contributed by atoms with Gasteiger partial charge in [0.25, 0.3) is 5.91 Å². The number of rotatable bonds is 3. The van der Waals surface area contributed by atoms with Crippen molar-refractivity contribution in [1.82, 2.24) is 5.32 Å². The van der Waals surface area contributed by atoms with Gasteiger partial charge >= 0.3 is 5.92 Å². The van der Waals surface area contributed by atoms with Crippen LogP contribution in [0.3, 0.4) is 0 Å². The van der Waals surface area contributed by atoms with Crippen LogP contribution in [0.4, 0.5) is 8.78 Å². The molecule has 1 aliphatic carbocycles. The van der Waals surface area contributed by atoms with E-state index in [1.165, 1.54) is 0 Å². The van der Waals surface area contributed by atoms with Crippen LogP contribution in [0.25, 0.3) is 0 Å². The Morgan fingerprint density at radius 3 is 2.71 bits per heavy atom. The standard InChI is InChI=1S/C17H19F2NO/c1-20-16(21)14-9-7-13(8-10-14)12-15-6-4-2-3-5-11-17(15,18)19/h7-10,15H,2-4,6,12H2,1H3,(H,20,21). The molecule has 21 heavy (non-hydrogen) atoms. The van der Waals surface area contributed by atoms with Gasteiger partial charge in [-0.25, -0.2) is 0 Å². The molecule has 1 atom stereocenters. The number of hydrogen-bond donors (Lipinski definition) is 1. The van der Waals surface area contributed by atoms with Crippen LogP contribution in [-0.4, -0.2) is 18.9 Å². The molecule has 0 aliphatic heterocycles. The highest BCUT2D eigenvalue weighted by atomic mass is 19.3. The number of alkyl halides is 2. The SMILES string of the molecule is CNC(=O)c1ccc(CC2CCCCC#CC2(F)F)cc1. The summed E-state index contributed by atoms with van der Waals surface area (Å²) in [5, 5.41) is 2.53. The van der Waals surface area contributed by atoms with Gasteiger partial charge in [0.05, 0.1) is 0 Å². The number of halogens is 2. The summed E-state index contributed by atoms with van der Waals surface area (Å²) in [5.41, 5.74) is 1.35. The van der Waals surface area contributed by atoms with Crippen molar-refractivity contribution in [3.8, 4) is 11.8 Å². The summed E-state index contributed by atoms with van der Waals surface area (Å²) >= 11 is 0. The van der Waals surface area contributed by atoms with E-state index in [0.717, 1.165) is 18.4 Å². The Bertz CT molecular complexity index is 554. The third-order valence-corrected chi connectivity index (χ3v) is 3.80. The molecule has 0 aromatic heterocycles. The second kappa shape index (κ2) is 6.71. The van der Waals surface area contributed by atoms with E-state index in [9.17, 15) is 13.6 Å². The summed E-state index contributed by atoms with van der Waals surface area (Å²) < 4.78 is 28.0. The van der Waals surface area contributed by atoms with Crippen molar-refractivity contribution < 1.29 is 13.6 Å².